The van der Waals surface area contributed by atoms with Crippen molar-refractivity contribution in [2.24, 2.45) is 0 Å². The van der Waals surface area contributed by atoms with Crippen molar-refractivity contribution in [1.29, 1.82) is 0 Å². The molecule has 2 rings (SSSR count). The van der Waals surface area contributed by atoms with Crippen LogP contribution in [0.3, 0.4) is 0 Å². The summed E-state index contributed by atoms with van der Waals surface area (Å²) in [4.78, 5) is 20.2. The van der Waals surface area contributed by atoms with Gasteiger partial charge in [0.1, 0.15) is 0 Å². The van der Waals surface area contributed by atoms with E-state index in [4.69, 9.17) is 19.7 Å². The van der Waals surface area contributed by atoms with E-state index in [1.165, 1.54) is 0 Å². The van der Waals surface area contributed by atoms with Crippen LogP contribution < -0.4 is 49.6 Å². The number of hydrogen-bond donors (Lipinski definition) is 2. The summed E-state index contributed by atoms with van der Waals surface area (Å²) in [6, 6.07) is 0. The monoisotopic (exact) mass is 552 g/mol. The summed E-state index contributed by atoms with van der Waals surface area (Å²) in [6.07, 6.45) is 2.09. The molecule has 0 saturated carbocycles. The van der Waals surface area contributed by atoms with Crippen molar-refractivity contribution in [1.82, 2.24) is 0 Å². The first-order valence-corrected chi connectivity index (χ1v) is 5.30. The molecule has 124 valence electrons. The van der Waals surface area contributed by atoms with E-state index in [-0.39, 0.29) is 75.5 Å². The van der Waals surface area contributed by atoms with Gasteiger partial charge in [-0.05, 0) is 25.7 Å². The van der Waals surface area contributed by atoms with Gasteiger partial charge >= 0.3 is 37.8 Å². The Morgan fingerprint density at radius 2 is 1.05 bits per heavy atom. The van der Waals surface area contributed by atoms with Gasteiger partial charge in [-0.3, -0.25) is 0 Å². The average molecular weight is 553 g/mol. The van der Waals surface area contributed by atoms with E-state index in [0.717, 1.165) is 12.8 Å². The van der Waals surface area contributed by atoms with Crippen LogP contribution in [0.4, 0.5) is 0 Å². The number of carboxylic acid groups (broad SMARTS) is 2. The number of carbonyl (C=O) groups is 2. The van der Waals surface area contributed by atoms with Crippen molar-refractivity contribution >= 4 is 11.9 Å². The van der Waals surface area contributed by atoms with Gasteiger partial charge in [0.05, 0.1) is 0 Å². The molecule has 2 fully saturated rings. The Hall–Kier alpha value is 0.890. The van der Waals surface area contributed by atoms with Crippen molar-refractivity contribution in [3.8, 4) is 0 Å². The predicted molar refractivity (Wildman–Crippen MR) is 53.2 cm³/mol. The van der Waals surface area contributed by atoms with Crippen molar-refractivity contribution in [3.63, 3.8) is 0 Å². The second kappa shape index (κ2) is 18.9. The molecule has 0 aliphatic carbocycles. The molecule has 21 heavy (non-hydrogen) atoms. The van der Waals surface area contributed by atoms with Gasteiger partial charge in [0.15, 0.2) is 12.2 Å². The van der Waals surface area contributed by atoms with E-state index < -0.39 is 24.1 Å². The number of aliphatic carboxylic acids is 2. The molecule has 0 aromatic rings. The minimum absolute atomic E-state index is 0. The Morgan fingerprint density at radius 1 is 0.762 bits per heavy atom. The number of hydrogen-bond acceptors (Lipinski definition) is 4. The van der Waals surface area contributed by atoms with Gasteiger partial charge < -0.3 is 69.3 Å². The van der Waals surface area contributed by atoms with Crippen LogP contribution in [0.25, 0.3) is 0 Å². The van der Waals surface area contributed by atoms with Gasteiger partial charge in [0.25, 0.3) is 0 Å². The molecule has 2 aliphatic rings. The van der Waals surface area contributed by atoms with Crippen LogP contribution >= 0.6 is 0 Å². The van der Waals surface area contributed by atoms with Gasteiger partial charge in [-0.2, -0.15) is 0 Å². The quantitative estimate of drug-likeness (QED) is 0.331. The maximum Gasteiger partial charge on any atom is 4.00 e. The standard InChI is InChI=1S/2C5H8O3.4ClH.Hf/c2*6-5(7)4-2-1-3-8-4;;;;;/h2*4H,1-3H2,(H,6,7);4*1H;/q;;;;;;+4/p-4. The van der Waals surface area contributed by atoms with E-state index in [1.54, 1.807) is 0 Å². The first-order valence-electron chi connectivity index (χ1n) is 5.30. The smallest absolute Gasteiger partial charge is 1.00 e. The van der Waals surface area contributed by atoms with Crippen molar-refractivity contribution in [3.05, 3.63) is 0 Å². The van der Waals surface area contributed by atoms with Crippen LogP contribution in [0.1, 0.15) is 25.7 Å². The van der Waals surface area contributed by atoms with E-state index in [2.05, 4.69) is 0 Å². The average Bonchev–Trinajstić information content (AvgIpc) is 2.93. The predicted octanol–water partition coefficient (Wildman–Crippen LogP) is -11.5. The molecule has 2 heterocycles. The normalized spacial score (nSPS) is 21.5. The zero-order valence-electron chi connectivity index (χ0n) is 10.9. The van der Waals surface area contributed by atoms with Crippen LogP contribution in [0.2, 0.25) is 0 Å². The molecule has 0 radical (unpaired) electrons. The molecule has 2 aliphatic heterocycles. The molecule has 6 nitrogen and oxygen atoms in total. The molecule has 2 N–H and O–H groups in total. The number of halogens is 4. The Balaban J connectivity index is -0.0000000656. The van der Waals surface area contributed by atoms with Crippen LogP contribution in [0.15, 0.2) is 0 Å². The van der Waals surface area contributed by atoms with E-state index in [0.29, 0.717) is 26.1 Å². The maximum absolute atomic E-state index is 10.1. The number of carboxylic acids is 2. The van der Waals surface area contributed by atoms with Gasteiger partial charge in [0.2, 0.25) is 0 Å². The number of ether oxygens (including phenoxy) is 2. The molecule has 0 amide bonds. The summed E-state index contributed by atoms with van der Waals surface area (Å²) in [5, 5.41) is 16.6. The van der Waals surface area contributed by atoms with E-state index in [9.17, 15) is 9.59 Å². The summed E-state index contributed by atoms with van der Waals surface area (Å²) >= 11 is 0. The van der Waals surface area contributed by atoms with Gasteiger partial charge in [0, 0.05) is 13.2 Å². The van der Waals surface area contributed by atoms with Crippen LogP contribution in [0, 0.1) is 0 Å². The summed E-state index contributed by atoms with van der Waals surface area (Å²) in [5.41, 5.74) is 0. The van der Waals surface area contributed by atoms with Crippen LogP contribution in [0.5, 0.6) is 0 Å². The summed E-state index contributed by atoms with van der Waals surface area (Å²) < 4.78 is 9.63. The third-order valence-corrected chi connectivity index (χ3v) is 2.41. The molecule has 2 saturated heterocycles. The van der Waals surface area contributed by atoms with Crippen molar-refractivity contribution in [2.45, 2.75) is 37.9 Å². The molecule has 11 heteroatoms. The van der Waals surface area contributed by atoms with Gasteiger partial charge in [-0.15, -0.1) is 0 Å². The fourth-order valence-corrected chi connectivity index (χ4v) is 1.54. The summed E-state index contributed by atoms with van der Waals surface area (Å²) in [5.74, 6) is -1.66. The second-order valence-corrected chi connectivity index (χ2v) is 3.68. The third kappa shape index (κ3) is 14.2. The minimum atomic E-state index is -0.831. The van der Waals surface area contributed by atoms with Crippen molar-refractivity contribution < 1.29 is 105 Å². The molecular weight excluding hydrogens is 536 g/mol. The Labute approximate surface area is 167 Å². The molecule has 0 aromatic heterocycles. The molecule has 2 unspecified atom stereocenters. The topological polar surface area (TPSA) is 93.1 Å². The fraction of sp³-hybridized carbons (Fsp3) is 0.800. The second-order valence-electron chi connectivity index (χ2n) is 3.68. The van der Waals surface area contributed by atoms with Gasteiger partial charge in [-0.25, -0.2) is 9.59 Å². The van der Waals surface area contributed by atoms with Crippen LogP contribution in [-0.2, 0) is 44.9 Å². The molecule has 0 aromatic carbocycles. The Kier molecular flexibility index (Phi) is 30.2. The first kappa shape index (κ1) is 33.5. The zero-order chi connectivity index (χ0) is 12.0. The summed E-state index contributed by atoms with van der Waals surface area (Å²) in [6.45, 7) is 1.22. The molecule has 0 bridgehead atoms. The molecular formula is C10H16Cl4HfO6. The Bertz CT molecular complexity index is 234. The largest absolute Gasteiger partial charge is 4.00 e. The SMILES string of the molecule is O=C(O)C1CCCO1.O=C(O)C1CCCO1.[Cl-].[Cl-].[Cl-].[Cl-].[Hf+4]. The first-order chi connectivity index (χ1) is 7.61. The third-order valence-electron chi connectivity index (χ3n) is 2.41. The summed E-state index contributed by atoms with van der Waals surface area (Å²) in [7, 11) is 0. The number of rotatable bonds is 2. The van der Waals surface area contributed by atoms with E-state index >= 15 is 0 Å². The van der Waals surface area contributed by atoms with Gasteiger partial charge in [-0.1, -0.05) is 0 Å². The Morgan fingerprint density at radius 3 is 1.14 bits per heavy atom. The zero-order valence-corrected chi connectivity index (χ0v) is 17.6. The molecule has 0 spiro atoms. The van der Waals surface area contributed by atoms with Crippen LogP contribution in [-0.4, -0.2) is 47.6 Å². The fourth-order valence-electron chi connectivity index (χ4n) is 1.54. The minimum Gasteiger partial charge on any atom is -1.00 e. The van der Waals surface area contributed by atoms with Crippen molar-refractivity contribution in [2.75, 3.05) is 13.2 Å². The van der Waals surface area contributed by atoms with E-state index in [1.807, 2.05) is 0 Å². The maximum atomic E-state index is 10.1. The molecule has 2 atom stereocenters.